The summed E-state index contributed by atoms with van der Waals surface area (Å²) in [5, 5.41) is 6.57. The number of fused-ring (bicyclic) bond motifs is 2. The van der Waals surface area contributed by atoms with Crippen LogP contribution < -0.4 is 10.9 Å². The van der Waals surface area contributed by atoms with Gasteiger partial charge in [0, 0.05) is 6.42 Å². The van der Waals surface area contributed by atoms with Gasteiger partial charge >= 0.3 is 6.18 Å². The second kappa shape index (κ2) is 7.92. The van der Waals surface area contributed by atoms with E-state index in [1.54, 1.807) is 0 Å². The van der Waals surface area contributed by atoms with Crippen molar-refractivity contribution >= 4 is 17.4 Å². The van der Waals surface area contributed by atoms with Crippen LogP contribution in [0.1, 0.15) is 36.7 Å². The second-order valence-electron chi connectivity index (χ2n) is 8.15. The number of rotatable bonds is 5. The topological polar surface area (TPSA) is 131 Å². The van der Waals surface area contributed by atoms with Crippen molar-refractivity contribution in [3.05, 3.63) is 64.0 Å². The Morgan fingerprint density at radius 1 is 1.14 bits per heavy atom. The number of aromatic amines is 1. The molecule has 0 aromatic carbocycles. The summed E-state index contributed by atoms with van der Waals surface area (Å²) in [6, 6.07) is 2.44. The molecule has 2 N–H and O–H groups in total. The first-order chi connectivity index (χ1) is 16.6. The van der Waals surface area contributed by atoms with E-state index in [0.717, 1.165) is 12.3 Å². The maximum Gasteiger partial charge on any atom is 0.389 e. The van der Waals surface area contributed by atoms with E-state index < -0.39 is 35.3 Å². The third-order valence-corrected chi connectivity index (χ3v) is 5.79. The van der Waals surface area contributed by atoms with Gasteiger partial charge in [-0.2, -0.15) is 18.3 Å². The van der Waals surface area contributed by atoms with E-state index in [2.05, 4.69) is 35.3 Å². The molecule has 4 aromatic rings. The van der Waals surface area contributed by atoms with Crippen LogP contribution in [-0.2, 0) is 16.6 Å². The van der Waals surface area contributed by atoms with Gasteiger partial charge in [-0.1, -0.05) is 0 Å². The van der Waals surface area contributed by atoms with E-state index in [-0.39, 0.29) is 52.8 Å². The molecular formula is C21H16F4N8O2. The molecule has 5 rings (SSSR count). The minimum Gasteiger partial charge on any atom is -0.309 e. The molecule has 14 heteroatoms. The quantitative estimate of drug-likeness (QED) is 0.413. The number of carbonyl (C=O) groups is 1. The van der Waals surface area contributed by atoms with Crippen LogP contribution in [0.5, 0.6) is 0 Å². The van der Waals surface area contributed by atoms with Gasteiger partial charge in [0.1, 0.15) is 29.1 Å². The number of halogens is 4. The number of nitrogens with zero attached hydrogens (tertiary/aromatic N) is 6. The Hall–Kier alpha value is -4.23. The summed E-state index contributed by atoms with van der Waals surface area (Å²) in [7, 11) is 0. The molecule has 0 saturated heterocycles. The fourth-order valence-corrected chi connectivity index (χ4v) is 4.04. The van der Waals surface area contributed by atoms with Crippen molar-refractivity contribution in [1.29, 1.82) is 0 Å². The van der Waals surface area contributed by atoms with Gasteiger partial charge in [0.2, 0.25) is 5.91 Å². The fraction of sp³-hybridized carbons (Fsp3) is 0.286. The van der Waals surface area contributed by atoms with Gasteiger partial charge in [0.15, 0.2) is 11.5 Å². The number of H-pyrrole nitrogens is 1. The molecular weight excluding hydrogens is 472 g/mol. The minimum absolute atomic E-state index is 0.00223. The highest BCUT2D eigenvalue weighted by molar-refractivity contribution is 6.07. The molecule has 0 spiro atoms. The number of pyridine rings is 1. The first-order valence-corrected chi connectivity index (χ1v) is 10.4. The van der Waals surface area contributed by atoms with E-state index in [1.165, 1.54) is 30.0 Å². The maximum absolute atomic E-state index is 13.3. The Labute approximate surface area is 193 Å². The lowest BCUT2D eigenvalue weighted by atomic mass is 9.81. The highest BCUT2D eigenvalue weighted by atomic mass is 19.4. The molecule has 0 fully saturated rings. The molecule has 1 atom stereocenters. The Morgan fingerprint density at radius 3 is 2.66 bits per heavy atom. The van der Waals surface area contributed by atoms with Crippen LogP contribution in [0.25, 0.3) is 17.2 Å². The number of amides is 1. The standard InChI is InChI=1S/C21H16F4N8O2/c1-20(13-5-4-10(22)7-26-13)14-16(32-19(20)35)30-15(31-18(14)34)12-8-33-17(27-9-28-33)11(29-12)3-2-6-21(23,24)25/h4-5,7-9H,2-3,6H2,1H3,(H2,30,31,32,34,35). The zero-order chi connectivity index (χ0) is 25.0. The number of nitrogens with one attached hydrogen (secondary N) is 2. The van der Waals surface area contributed by atoms with Gasteiger partial charge in [-0.05, 0) is 31.9 Å². The van der Waals surface area contributed by atoms with Crippen molar-refractivity contribution in [2.45, 2.75) is 37.8 Å². The van der Waals surface area contributed by atoms with Crippen molar-refractivity contribution in [2.24, 2.45) is 0 Å². The SMILES string of the molecule is CC1(c2ccc(F)cn2)C(=O)Nc2nc(-c3cn4ncnc4c(CCCC(F)(F)F)n3)[nH]c(=O)c21. The Bertz CT molecular complexity index is 1510. The summed E-state index contributed by atoms with van der Waals surface area (Å²) in [5.41, 5.74) is -1.38. The van der Waals surface area contributed by atoms with Gasteiger partial charge in [-0.3, -0.25) is 14.6 Å². The molecule has 0 radical (unpaired) electrons. The third kappa shape index (κ3) is 3.90. The summed E-state index contributed by atoms with van der Waals surface area (Å²) in [6.07, 6.45) is -1.95. The molecule has 10 nitrogen and oxygen atoms in total. The third-order valence-electron chi connectivity index (χ3n) is 5.79. The van der Waals surface area contributed by atoms with Gasteiger partial charge in [0.05, 0.1) is 29.3 Å². The molecule has 0 bridgehead atoms. The highest BCUT2D eigenvalue weighted by Gasteiger charge is 2.48. The monoisotopic (exact) mass is 488 g/mol. The lowest BCUT2D eigenvalue weighted by molar-refractivity contribution is -0.135. The number of carbonyl (C=O) groups excluding carboxylic acids is 1. The number of hydrogen-bond donors (Lipinski definition) is 2. The molecule has 1 aliphatic rings. The largest absolute Gasteiger partial charge is 0.389 e. The van der Waals surface area contributed by atoms with Gasteiger partial charge in [0.25, 0.3) is 5.56 Å². The van der Waals surface area contributed by atoms with E-state index in [4.69, 9.17) is 0 Å². The van der Waals surface area contributed by atoms with Crippen LogP contribution in [0.4, 0.5) is 23.4 Å². The summed E-state index contributed by atoms with van der Waals surface area (Å²) in [5.74, 6) is -1.23. The zero-order valence-electron chi connectivity index (χ0n) is 18.0. The van der Waals surface area contributed by atoms with E-state index >= 15 is 0 Å². The number of alkyl halides is 3. The van der Waals surface area contributed by atoms with E-state index in [9.17, 15) is 27.2 Å². The van der Waals surface area contributed by atoms with E-state index in [1.807, 2.05) is 0 Å². The minimum atomic E-state index is -4.31. The summed E-state index contributed by atoms with van der Waals surface area (Å²) in [6.45, 7) is 1.48. The molecule has 1 unspecified atom stereocenters. The molecule has 0 aliphatic carbocycles. The number of aromatic nitrogens is 7. The Morgan fingerprint density at radius 2 is 1.94 bits per heavy atom. The molecule has 0 saturated carbocycles. The average Bonchev–Trinajstić information content (AvgIpc) is 3.36. The van der Waals surface area contributed by atoms with Crippen molar-refractivity contribution in [3.8, 4) is 11.5 Å². The number of aryl methyl sites for hydroxylation is 1. The van der Waals surface area contributed by atoms with Crippen LogP contribution in [0.3, 0.4) is 0 Å². The highest BCUT2D eigenvalue weighted by Crippen LogP contribution is 2.39. The van der Waals surface area contributed by atoms with Gasteiger partial charge < -0.3 is 10.3 Å². The summed E-state index contributed by atoms with van der Waals surface area (Å²) >= 11 is 0. The van der Waals surface area contributed by atoms with Crippen molar-refractivity contribution in [2.75, 3.05) is 5.32 Å². The lowest BCUT2D eigenvalue weighted by Crippen LogP contribution is -2.37. The Balaban J connectivity index is 1.57. The van der Waals surface area contributed by atoms with Crippen LogP contribution in [0.15, 0.2) is 35.6 Å². The summed E-state index contributed by atoms with van der Waals surface area (Å²) in [4.78, 5) is 45.2. The first-order valence-electron chi connectivity index (χ1n) is 10.4. The average molecular weight is 488 g/mol. The van der Waals surface area contributed by atoms with Gasteiger partial charge in [-0.15, -0.1) is 0 Å². The van der Waals surface area contributed by atoms with Crippen molar-refractivity contribution in [1.82, 2.24) is 34.5 Å². The molecule has 5 heterocycles. The molecule has 1 aliphatic heterocycles. The lowest BCUT2D eigenvalue weighted by Gasteiger charge is -2.20. The normalized spacial score (nSPS) is 17.6. The van der Waals surface area contributed by atoms with Crippen LogP contribution in [0.2, 0.25) is 0 Å². The van der Waals surface area contributed by atoms with Crippen LogP contribution in [0, 0.1) is 5.82 Å². The molecule has 4 aromatic heterocycles. The predicted octanol–water partition coefficient (Wildman–Crippen LogP) is 2.55. The van der Waals surface area contributed by atoms with E-state index in [0.29, 0.717) is 0 Å². The molecule has 1 amide bonds. The van der Waals surface area contributed by atoms with Crippen LogP contribution in [-0.4, -0.2) is 46.6 Å². The first kappa shape index (κ1) is 22.6. The molecule has 35 heavy (non-hydrogen) atoms. The number of anilines is 1. The fourth-order valence-electron chi connectivity index (χ4n) is 4.04. The zero-order valence-corrected chi connectivity index (χ0v) is 18.0. The number of hydrogen-bond acceptors (Lipinski definition) is 7. The van der Waals surface area contributed by atoms with Crippen LogP contribution >= 0.6 is 0 Å². The predicted molar refractivity (Wildman–Crippen MR) is 113 cm³/mol. The van der Waals surface area contributed by atoms with Crippen molar-refractivity contribution in [3.63, 3.8) is 0 Å². The smallest absolute Gasteiger partial charge is 0.309 e. The van der Waals surface area contributed by atoms with Crippen molar-refractivity contribution < 1.29 is 22.4 Å². The Kier molecular flexibility index (Phi) is 5.11. The van der Waals surface area contributed by atoms with Gasteiger partial charge in [-0.25, -0.2) is 23.9 Å². The summed E-state index contributed by atoms with van der Waals surface area (Å²) < 4.78 is 52.5. The molecule has 180 valence electrons. The second-order valence-corrected chi connectivity index (χ2v) is 8.15. The maximum atomic E-state index is 13.3.